The lowest BCUT2D eigenvalue weighted by Crippen LogP contribution is -2.47. The molecule has 1 aliphatic rings. The van der Waals surface area contributed by atoms with Crippen LogP contribution in [0.3, 0.4) is 0 Å². The fourth-order valence-corrected chi connectivity index (χ4v) is 3.79. The number of likely N-dealkylation sites (N-methyl/N-ethyl adjacent to an activating group) is 1. The van der Waals surface area contributed by atoms with Crippen LogP contribution in [0.25, 0.3) is 0 Å². The Morgan fingerprint density at radius 3 is 1.87 bits per heavy atom. The highest BCUT2D eigenvalue weighted by Crippen LogP contribution is 2.26. The molecule has 0 radical (unpaired) electrons. The summed E-state index contributed by atoms with van der Waals surface area (Å²) >= 11 is 0. The molecule has 0 spiro atoms. The van der Waals surface area contributed by atoms with Crippen LogP contribution in [0.1, 0.15) is 60.3 Å². The van der Waals surface area contributed by atoms with Crippen molar-refractivity contribution in [1.82, 2.24) is 13.9 Å². The van der Waals surface area contributed by atoms with Crippen molar-refractivity contribution in [2.24, 2.45) is 11.8 Å². The maximum Gasteiger partial charge on any atom is 0.279 e. The molecule has 6 heteroatoms. The molecule has 1 unspecified atom stereocenters. The summed E-state index contributed by atoms with van der Waals surface area (Å²) < 4.78 is 29.8. The zero-order valence-electron chi connectivity index (χ0n) is 15.9. The van der Waals surface area contributed by atoms with E-state index in [2.05, 4.69) is 51.3 Å². The first-order chi connectivity index (χ1) is 10.6. The average Bonchev–Trinajstić information content (AvgIpc) is 3.27. The molecule has 0 bridgehead atoms. The molecule has 0 saturated heterocycles. The van der Waals surface area contributed by atoms with Gasteiger partial charge in [0.2, 0.25) is 0 Å². The molecule has 5 nitrogen and oxygen atoms in total. The minimum absolute atomic E-state index is 0.231. The van der Waals surface area contributed by atoms with Crippen LogP contribution in [-0.4, -0.2) is 56.4 Å². The van der Waals surface area contributed by atoms with Gasteiger partial charge in [-0.15, -0.1) is 0 Å². The van der Waals surface area contributed by atoms with Crippen molar-refractivity contribution < 1.29 is 8.42 Å². The van der Waals surface area contributed by atoms with Crippen molar-refractivity contribution in [3.63, 3.8) is 0 Å². The van der Waals surface area contributed by atoms with Gasteiger partial charge in [-0.1, -0.05) is 27.7 Å². The van der Waals surface area contributed by atoms with E-state index in [-0.39, 0.29) is 6.04 Å². The van der Waals surface area contributed by atoms with Crippen molar-refractivity contribution in [3.8, 4) is 0 Å². The van der Waals surface area contributed by atoms with Crippen LogP contribution in [0.15, 0.2) is 0 Å². The molecular formula is C17H37N3O2S. The first kappa shape index (κ1) is 20.9. The zero-order chi connectivity index (χ0) is 17.6. The van der Waals surface area contributed by atoms with Gasteiger partial charge >= 0.3 is 0 Å². The molecule has 23 heavy (non-hydrogen) atoms. The Balaban J connectivity index is 2.56. The van der Waals surface area contributed by atoms with E-state index in [1.807, 2.05) is 0 Å². The summed E-state index contributed by atoms with van der Waals surface area (Å²) in [7, 11) is -1.30. The monoisotopic (exact) mass is 347 g/mol. The van der Waals surface area contributed by atoms with Gasteiger partial charge in [0.1, 0.15) is 0 Å². The second-order valence-electron chi connectivity index (χ2n) is 7.86. The highest BCUT2D eigenvalue weighted by atomic mass is 32.2. The van der Waals surface area contributed by atoms with Gasteiger partial charge in [0, 0.05) is 31.7 Å². The van der Waals surface area contributed by atoms with E-state index in [0.29, 0.717) is 37.5 Å². The smallest absolute Gasteiger partial charge is 0.279 e. The van der Waals surface area contributed by atoms with Crippen molar-refractivity contribution >= 4 is 10.2 Å². The molecule has 0 aromatic rings. The molecule has 0 heterocycles. The van der Waals surface area contributed by atoms with E-state index >= 15 is 0 Å². The molecule has 0 amide bonds. The fraction of sp³-hybridized carbons (Fsp3) is 1.00. The summed E-state index contributed by atoms with van der Waals surface area (Å²) in [5, 5.41) is 0. The Morgan fingerprint density at radius 2 is 1.48 bits per heavy atom. The third-order valence-electron chi connectivity index (χ3n) is 4.63. The van der Waals surface area contributed by atoms with Crippen molar-refractivity contribution in [2.45, 2.75) is 72.4 Å². The summed E-state index contributed by atoms with van der Waals surface area (Å²) in [4.78, 5) is 2.29. The molecule has 0 aromatic carbocycles. The number of nitrogens with one attached hydrogen (secondary N) is 1. The standard InChI is InChI=1S/C17H37N3O2S/c1-14(2)9-11-20(12-10-15(3)4)23(21,22)18-13-16(5)19(6)17-7-8-17/h14-18H,7-13H2,1-6H3. The van der Waals surface area contributed by atoms with Gasteiger partial charge in [0.25, 0.3) is 10.2 Å². The summed E-state index contributed by atoms with van der Waals surface area (Å²) in [6, 6.07) is 0.877. The summed E-state index contributed by atoms with van der Waals surface area (Å²) in [5.74, 6) is 1.01. The largest absolute Gasteiger partial charge is 0.299 e. The molecule has 1 rings (SSSR count). The normalized spacial score (nSPS) is 17.7. The quantitative estimate of drug-likeness (QED) is 0.590. The van der Waals surface area contributed by atoms with Gasteiger partial charge in [0.15, 0.2) is 0 Å². The molecule has 1 aliphatic carbocycles. The first-order valence-electron chi connectivity index (χ1n) is 9.10. The number of rotatable bonds is 12. The van der Waals surface area contributed by atoms with Crippen molar-refractivity contribution in [1.29, 1.82) is 0 Å². The molecule has 0 aromatic heterocycles. The van der Waals surface area contributed by atoms with E-state index in [1.54, 1.807) is 4.31 Å². The van der Waals surface area contributed by atoms with Crippen LogP contribution in [0.2, 0.25) is 0 Å². The van der Waals surface area contributed by atoms with Crippen LogP contribution in [0, 0.1) is 11.8 Å². The van der Waals surface area contributed by atoms with Crippen LogP contribution < -0.4 is 4.72 Å². The lowest BCUT2D eigenvalue weighted by atomic mass is 10.1. The second-order valence-corrected chi connectivity index (χ2v) is 9.62. The number of hydrogen-bond donors (Lipinski definition) is 1. The van der Waals surface area contributed by atoms with Crippen LogP contribution in [0.4, 0.5) is 0 Å². The lowest BCUT2D eigenvalue weighted by molar-refractivity contribution is 0.246. The van der Waals surface area contributed by atoms with Gasteiger partial charge < -0.3 is 0 Å². The van der Waals surface area contributed by atoms with Crippen molar-refractivity contribution in [3.05, 3.63) is 0 Å². The van der Waals surface area contributed by atoms with Crippen LogP contribution >= 0.6 is 0 Å². The highest BCUT2D eigenvalue weighted by molar-refractivity contribution is 7.87. The molecule has 1 atom stereocenters. The topological polar surface area (TPSA) is 52.7 Å². The van der Waals surface area contributed by atoms with Gasteiger partial charge in [0.05, 0.1) is 0 Å². The number of hydrogen-bond acceptors (Lipinski definition) is 3. The zero-order valence-corrected chi connectivity index (χ0v) is 16.7. The summed E-state index contributed by atoms with van der Waals surface area (Å²) in [6.07, 6.45) is 4.28. The molecule has 1 fully saturated rings. The maximum atomic E-state index is 12.7. The average molecular weight is 348 g/mol. The SMILES string of the molecule is CC(C)CCN(CCC(C)C)S(=O)(=O)NCC(C)N(C)C1CC1. The van der Waals surface area contributed by atoms with E-state index in [0.717, 1.165) is 12.8 Å². The molecule has 1 saturated carbocycles. The minimum Gasteiger partial charge on any atom is -0.299 e. The molecular weight excluding hydrogens is 310 g/mol. The Bertz CT molecular complexity index is 421. The Hall–Kier alpha value is -0.170. The third kappa shape index (κ3) is 7.96. The Kier molecular flexibility index (Phi) is 8.48. The predicted molar refractivity (Wildman–Crippen MR) is 97.7 cm³/mol. The maximum absolute atomic E-state index is 12.7. The third-order valence-corrected chi connectivity index (χ3v) is 6.21. The second kappa shape index (κ2) is 9.35. The highest BCUT2D eigenvalue weighted by Gasteiger charge is 2.30. The van der Waals surface area contributed by atoms with Crippen molar-refractivity contribution in [2.75, 3.05) is 26.7 Å². The molecule has 1 N–H and O–H groups in total. The Morgan fingerprint density at radius 1 is 1.00 bits per heavy atom. The lowest BCUT2D eigenvalue weighted by Gasteiger charge is -2.28. The van der Waals surface area contributed by atoms with Gasteiger partial charge in [-0.2, -0.15) is 12.7 Å². The molecule has 138 valence electrons. The van der Waals surface area contributed by atoms with Crippen LogP contribution in [0.5, 0.6) is 0 Å². The fourth-order valence-electron chi connectivity index (χ4n) is 2.46. The van der Waals surface area contributed by atoms with Gasteiger partial charge in [-0.05, 0) is 51.5 Å². The summed E-state index contributed by atoms with van der Waals surface area (Å²) in [5.41, 5.74) is 0. The van der Waals surface area contributed by atoms with Gasteiger partial charge in [-0.3, -0.25) is 4.90 Å². The Labute approximate surface area is 144 Å². The van der Waals surface area contributed by atoms with Crippen LogP contribution in [-0.2, 0) is 10.2 Å². The summed E-state index contributed by atoms with van der Waals surface area (Å²) in [6.45, 7) is 12.3. The van der Waals surface area contributed by atoms with E-state index in [1.165, 1.54) is 12.8 Å². The van der Waals surface area contributed by atoms with E-state index < -0.39 is 10.2 Å². The minimum atomic E-state index is -3.39. The predicted octanol–water partition coefficient (Wildman–Crippen LogP) is 2.70. The van der Waals surface area contributed by atoms with E-state index in [9.17, 15) is 8.42 Å². The van der Waals surface area contributed by atoms with E-state index in [4.69, 9.17) is 0 Å². The molecule has 0 aliphatic heterocycles. The van der Waals surface area contributed by atoms with Gasteiger partial charge in [-0.25, -0.2) is 4.72 Å². The number of nitrogens with zero attached hydrogens (tertiary/aromatic N) is 2. The first-order valence-corrected chi connectivity index (χ1v) is 10.5.